The standard InChI is InChI=1S/C18H21N3O4/c1-11-7-12(2)21-17(22)14(11)9-20-18(23)19-6-5-13-3-4-15-16(8-13)25-10-24-15/h3-4,7-8H,5-6,9-10H2,1-2H3,(H,21,22)(H2,19,20,23). The van der Waals surface area contributed by atoms with Gasteiger partial charge in [0.2, 0.25) is 6.79 Å². The fourth-order valence-electron chi connectivity index (χ4n) is 2.75. The third-order valence-corrected chi connectivity index (χ3v) is 4.06. The minimum atomic E-state index is -0.305. The molecule has 0 spiro atoms. The van der Waals surface area contributed by atoms with E-state index in [1.165, 1.54) is 0 Å². The number of fused-ring (bicyclic) bond motifs is 1. The smallest absolute Gasteiger partial charge is 0.315 e. The second-order valence-corrected chi connectivity index (χ2v) is 5.99. The zero-order valence-electron chi connectivity index (χ0n) is 14.3. The highest BCUT2D eigenvalue weighted by Crippen LogP contribution is 2.32. The summed E-state index contributed by atoms with van der Waals surface area (Å²) in [7, 11) is 0. The number of benzene rings is 1. The highest BCUT2D eigenvalue weighted by Gasteiger charge is 2.13. The lowest BCUT2D eigenvalue weighted by Gasteiger charge is -2.10. The van der Waals surface area contributed by atoms with Crippen molar-refractivity contribution >= 4 is 6.03 Å². The van der Waals surface area contributed by atoms with E-state index >= 15 is 0 Å². The number of rotatable bonds is 5. The number of hydrogen-bond donors (Lipinski definition) is 3. The lowest BCUT2D eigenvalue weighted by molar-refractivity contribution is 0.174. The van der Waals surface area contributed by atoms with Gasteiger partial charge in [0.25, 0.3) is 5.56 Å². The van der Waals surface area contributed by atoms with E-state index < -0.39 is 0 Å². The van der Waals surface area contributed by atoms with E-state index in [9.17, 15) is 9.59 Å². The predicted octanol–water partition coefficient (Wildman–Crippen LogP) is 1.76. The molecule has 3 N–H and O–H groups in total. The Morgan fingerprint density at radius 2 is 1.96 bits per heavy atom. The topological polar surface area (TPSA) is 92.4 Å². The van der Waals surface area contributed by atoms with Crippen LogP contribution in [-0.2, 0) is 13.0 Å². The molecule has 132 valence electrons. The van der Waals surface area contributed by atoms with Gasteiger partial charge in [0.05, 0.1) is 6.54 Å². The van der Waals surface area contributed by atoms with Crippen molar-refractivity contribution in [3.8, 4) is 11.5 Å². The van der Waals surface area contributed by atoms with Gasteiger partial charge < -0.3 is 25.1 Å². The highest BCUT2D eigenvalue weighted by molar-refractivity contribution is 5.73. The number of aromatic nitrogens is 1. The number of aryl methyl sites for hydroxylation is 2. The summed E-state index contributed by atoms with van der Waals surface area (Å²) >= 11 is 0. The van der Waals surface area contributed by atoms with Crippen LogP contribution < -0.4 is 25.7 Å². The highest BCUT2D eigenvalue weighted by atomic mass is 16.7. The maximum absolute atomic E-state index is 11.9. The molecule has 7 heteroatoms. The van der Waals surface area contributed by atoms with Gasteiger partial charge in [-0.2, -0.15) is 0 Å². The zero-order valence-corrected chi connectivity index (χ0v) is 14.3. The Morgan fingerprint density at radius 1 is 1.16 bits per heavy atom. The second kappa shape index (κ2) is 7.29. The van der Waals surface area contributed by atoms with Crippen LogP contribution in [0, 0.1) is 13.8 Å². The van der Waals surface area contributed by atoms with Crippen LogP contribution in [-0.4, -0.2) is 24.4 Å². The second-order valence-electron chi connectivity index (χ2n) is 5.99. The van der Waals surface area contributed by atoms with E-state index in [1.54, 1.807) is 0 Å². The zero-order chi connectivity index (χ0) is 17.8. The van der Waals surface area contributed by atoms with Crippen molar-refractivity contribution in [1.29, 1.82) is 0 Å². The van der Waals surface area contributed by atoms with Crippen LogP contribution >= 0.6 is 0 Å². The molecule has 2 aromatic rings. The molecule has 2 amide bonds. The largest absolute Gasteiger partial charge is 0.454 e. The Balaban J connectivity index is 1.46. The van der Waals surface area contributed by atoms with E-state index in [2.05, 4.69) is 15.6 Å². The van der Waals surface area contributed by atoms with Crippen molar-refractivity contribution in [2.24, 2.45) is 0 Å². The Morgan fingerprint density at radius 3 is 2.76 bits per heavy atom. The Labute approximate surface area is 145 Å². The fourth-order valence-corrected chi connectivity index (χ4v) is 2.75. The van der Waals surface area contributed by atoms with E-state index in [0.29, 0.717) is 18.5 Å². The number of hydrogen-bond acceptors (Lipinski definition) is 4. The molecular formula is C18H21N3O4. The van der Waals surface area contributed by atoms with Crippen molar-refractivity contribution in [3.63, 3.8) is 0 Å². The van der Waals surface area contributed by atoms with Crippen molar-refractivity contribution in [1.82, 2.24) is 15.6 Å². The first-order valence-electron chi connectivity index (χ1n) is 8.12. The number of H-pyrrole nitrogens is 1. The fraction of sp³-hybridized carbons (Fsp3) is 0.333. The molecule has 0 unspecified atom stereocenters. The average molecular weight is 343 g/mol. The summed E-state index contributed by atoms with van der Waals surface area (Å²) in [5.41, 5.74) is 3.12. The minimum absolute atomic E-state index is 0.168. The van der Waals surface area contributed by atoms with E-state index in [1.807, 2.05) is 38.1 Å². The van der Waals surface area contributed by atoms with Crippen molar-refractivity contribution in [3.05, 3.63) is 57.0 Å². The molecule has 0 saturated carbocycles. The summed E-state index contributed by atoms with van der Waals surface area (Å²) in [6.07, 6.45) is 0.675. The van der Waals surface area contributed by atoms with Gasteiger partial charge in [-0.15, -0.1) is 0 Å². The Hall–Kier alpha value is -2.96. The summed E-state index contributed by atoms with van der Waals surface area (Å²) in [4.78, 5) is 26.6. The van der Waals surface area contributed by atoms with Gasteiger partial charge in [-0.25, -0.2) is 4.79 Å². The number of carbonyl (C=O) groups excluding carboxylic acids is 1. The van der Waals surface area contributed by atoms with Crippen molar-refractivity contribution in [2.75, 3.05) is 13.3 Å². The molecule has 1 aliphatic rings. The molecule has 1 aliphatic heterocycles. The normalized spacial score (nSPS) is 12.1. The molecule has 0 aliphatic carbocycles. The maximum Gasteiger partial charge on any atom is 0.315 e. The number of nitrogens with one attached hydrogen (secondary N) is 3. The average Bonchev–Trinajstić information content (AvgIpc) is 3.01. The first kappa shape index (κ1) is 16.9. The lowest BCUT2D eigenvalue weighted by atomic mass is 10.1. The monoisotopic (exact) mass is 343 g/mol. The Kier molecular flexibility index (Phi) is 4.92. The summed E-state index contributed by atoms with van der Waals surface area (Å²) in [5, 5.41) is 5.50. The minimum Gasteiger partial charge on any atom is -0.454 e. The number of urea groups is 1. The van der Waals surface area contributed by atoms with E-state index in [0.717, 1.165) is 28.3 Å². The molecule has 25 heavy (non-hydrogen) atoms. The van der Waals surface area contributed by atoms with Crippen molar-refractivity contribution in [2.45, 2.75) is 26.8 Å². The van der Waals surface area contributed by atoms with Gasteiger partial charge >= 0.3 is 6.03 Å². The van der Waals surface area contributed by atoms with Gasteiger partial charge in [0, 0.05) is 17.8 Å². The molecule has 3 rings (SSSR count). The molecule has 7 nitrogen and oxygen atoms in total. The molecule has 0 fully saturated rings. The molecule has 2 heterocycles. The maximum atomic E-state index is 11.9. The molecule has 0 atom stereocenters. The first-order chi connectivity index (χ1) is 12.0. The van der Waals surface area contributed by atoms with E-state index in [-0.39, 0.29) is 24.9 Å². The molecule has 0 bridgehead atoms. The third kappa shape index (κ3) is 4.12. The van der Waals surface area contributed by atoms with Crippen LogP contribution in [0.2, 0.25) is 0 Å². The number of pyridine rings is 1. The first-order valence-corrected chi connectivity index (χ1v) is 8.12. The number of amides is 2. The van der Waals surface area contributed by atoms with Crippen LogP contribution in [0.5, 0.6) is 11.5 Å². The quantitative estimate of drug-likeness (QED) is 0.771. The third-order valence-electron chi connectivity index (χ3n) is 4.06. The molecule has 1 aromatic carbocycles. The number of carbonyl (C=O) groups is 1. The van der Waals surface area contributed by atoms with Crippen LogP contribution in [0.3, 0.4) is 0 Å². The molecular weight excluding hydrogens is 322 g/mol. The van der Waals surface area contributed by atoms with Gasteiger partial charge in [-0.05, 0) is 49.6 Å². The SMILES string of the molecule is Cc1cc(C)c(CNC(=O)NCCc2ccc3c(c2)OCO3)c(=O)[nH]1. The van der Waals surface area contributed by atoms with Crippen LogP contribution in [0.1, 0.15) is 22.4 Å². The summed E-state index contributed by atoms with van der Waals surface area (Å²) in [6, 6.07) is 7.31. The van der Waals surface area contributed by atoms with Crippen LogP contribution in [0.15, 0.2) is 29.1 Å². The number of aromatic amines is 1. The van der Waals surface area contributed by atoms with Gasteiger partial charge in [-0.3, -0.25) is 4.79 Å². The molecule has 0 radical (unpaired) electrons. The number of ether oxygens (including phenoxy) is 2. The van der Waals surface area contributed by atoms with Gasteiger partial charge in [-0.1, -0.05) is 6.07 Å². The van der Waals surface area contributed by atoms with Crippen LogP contribution in [0.25, 0.3) is 0 Å². The predicted molar refractivity (Wildman–Crippen MR) is 93.0 cm³/mol. The van der Waals surface area contributed by atoms with Crippen LogP contribution in [0.4, 0.5) is 4.79 Å². The summed E-state index contributed by atoms with van der Waals surface area (Å²) in [5.74, 6) is 1.48. The Bertz CT molecular complexity index is 845. The van der Waals surface area contributed by atoms with Crippen molar-refractivity contribution < 1.29 is 14.3 Å². The van der Waals surface area contributed by atoms with E-state index in [4.69, 9.17) is 9.47 Å². The summed E-state index contributed by atoms with van der Waals surface area (Å²) < 4.78 is 10.6. The molecule has 0 saturated heterocycles. The van der Waals surface area contributed by atoms with Gasteiger partial charge in [0.15, 0.2) is 11.5 Å². The lowest BCUT2D eigenvalue weighted by Crippen LogP contribution is -2.37. The molecule has 1 aromatic heterocycles. The van der Waals surface area contributed by atoms with Gasteiger partial charge in [0.1, 0.15) is 0 Å². The summed E-state index contributed by atoms with van der Waals surface area (Å²) in [6.45, 7) is 4.61.